The second-order valence-corrected chi connectivity index (χ2v) is 4.49. The normalized spacial score (nSPS) is 46.9. The number of hydrogen-bond donors (Lipinski definition) is 6. The Labute approximate surface area is 94.3 Å². The molecular formula is C10H21NO5. The molecule has 7 N–H and O–H groups in total. The maximum absolute atomic E-state index is 9.76. The average molecular weight is 235 g/mol. The Kier molecular flexibility index (Phi) is 5.10. The maximum Gasteiger partial charge on any atom is 0.0979 e. The van der Waals surface area contributed by atoms with Gasteiger partial charge in [0.2, 0.25) is 0 Å². The zero-order valence-electron chi connectivity index (χ0n) is 9.11. The van der Waals surface area contributed by atoms with Gasteiger partial charge in [-0.2, -0.15) is 0 Å². The van der Waals surface area contributed by atoms with E-state index in [0.29, 0.717) is 19.3 Å². The molecule has 0 amide bonds. The molecule has 1 aliphatic carbocycles. The Hall–Kier alpha value is -0.240. The van der Waals surface area contributed by atoms with Crippen LogP contribution in [0.2, 0.25) is 0 Å². The first-order valence-corrected chi connectivity index (χ1v) is 5.57. The van der Waals surface area contributed by atoms with Gasteiger partial charge in [0.15, 0.2) is 0 Å². The number of rotatable bonds is 1. The predicted octanol–water partition coefficient (Wildman–Crippen LogP) is -2.45. The average Bonchev–Trinajstić information content (AvgIpc) is 2.32. The van der Waals surface area contributed by atoms with Gasteiger partial charge in [0, 0.05) is 12.5 Å². The second-order valence-electron chi connectivity index (χ2n) is 4.49. The molecule has 1 saturated carbocycles. The van der Waals surface area contributed by atoms with E-state index in [1.807, 2.05) is 0 Å². The maximum atomic E-state index is 9.76. The monoisotopic (exact) mass is 235 g/mol. The van der Waals surface area contributed by atoms with Crippen molar-refractivity contribution in [1.82, 2.24) is 0 Å². The van der Waals surface area contributed by atoms with Gasteiger partial charge in [-0.15, -0.1) is 0 Å². The van der Waals surface area contributed by atoms with E-state index in [1.54, 1.807) is 0 Å². The first-order chi connectivity index (χ1) is 7.49. The highest BCUT2D eigenvalue weighted by Crippen LogP contribution is 2.22. The van der Waals surface area contributed by atoms with Crippen LogP contribution in [-0.4, -0.2) is 62.6 Å². The van der Waals surface area contributed by atoms with E-state index in [9.17, 15) is 20.4 Å². The van der Waals surface area contributed by atoms with Gasteiger partial charge in [0.05, 0.1) is 30.5 Å². The van der Waals surface area contributed by atoms with Gasteiger partial charge in [-0.1, -0.05) is 6.42 Å². The van der Waals surface area contributed by atoms with Gasteiger partial charge < -0.3 is 31.3 Å². The molecule has 1 rings (SSSR count). The minimum absolute atomic E-state index is 0.253. The van der Waals surface area contributed by atoms with E-state index in [1.165, 1.54) is 0 Å². The van der Waals surface area contributed by atoms with Crippen molar-refractivity contribution in [3.63, 3.8) is 0 Å². The van der Waals surface area contributed by atoms with Crippen molar-refractivity contribution in [2.75, 3.05) is 6.61 Å². The smallest absolute Gasteiger partial charge is 0.0979 e. The Morgan fingerprint density at radius 2 is 1.56 bits per heavy atom. The van der Waals surface area contributed by atoms with Gasteiger partial charge in [0.1, 0.15) is 0 Å². The lowest BCUT2D eigenvalue weighted by Crippen LogP contribution is -2.55. The van der Waals surface area contributed by atoms with Gasteiger partial charge in [0.25, 0.3) is 0 Å². The quantitative estimate of drug-likeness (QED) is 0.299. The molecule has 0 heterocycles. The highest BCUT2D eigenvalue weighted by Gasteiger charge is 2.37. The lowest BCUT2D eigenvalue weighted by molar-refractivity contribution is -0.0784. The third kappa shape index (κ3) is 2.91. The van der Waals surface area contributed by atoms with Crippen LogP contribution in [0.4, 0.5) is 0 Å². The van der Waals surface area contributed by atoms with E-state index < -0.39 is 36.4 Å². The third-order valence-corrected chi connectivity index (χ3v) is 3.33. The highest BCUT2D eigenvalue weighted by molar-refractivity contribution is 4.91. The van der Waals surface area contributed by atoms with Crippen LogP contribution in [0.1, 0.15) is 19.3 Å². The number of hydrogen-bond acceptors (Lipinski definition) is 6. The van der Waals surface area contributed by atoms with Crippen LogP contribution in [0.3, 0.4) is 0 Å². The Morgan fingerprint density at radius 3 is 2.12 bits per heavy atom. The van der Waals surface area contributed by atoms with Crippen LogP contribution in [-0.2, 0) is 0 Å². The fraction of sp³-hybridized carbons (Fsp3) is 1.00. The molecule has 1 fully saturated rings. The summed E-state index contributed by atoms with van der Waals surface area (Å²) < 4.78 is 0. The van der Waals surface area contributed by atoms with Crippen molar-refractivity contribution in [3.05, 3.63) is 0 Å². The molecule has 1 aliphatic rings. The van der Waals surface area contributed by atoms with Crippen molar-refractivity contribution in [2.45, 2.75) is 49.7 Å². The van der Waals surface area contributed by atoms with Crippen LogP contribution in [0.5, 0.6) is 0 Å². The van der Waals surface area contributed by atoms with Crippen LogP contribution in [0.25, 0.3) is 0 Å². The van der Waals surface area contributed by atoms with E-state index >= 15 is 0 Å². The summed E-state index contributed by atoms with van der Waals surface area (Å²) in [6, 6.07) is -1.11. The molecule has 0 radical (unpaired) electrons. The Bertz CT molecular complexity index is 211. The zero-order chi connectivity index (χ0) is 12.3. The van der Waals surface area contributed by atoms with Crippen molar-refractivity contribution >= 4 is 0 Å². The summed E-state index contributed by atoms with van der Waals surface area (Å²) in [5.74, 6) is -0.474. The second kappa shape index (κ2) is 5.90. The summed E-state index contributed by atoms with van der Waals surface area (Å²) in [5, 5.41) is 47.7. The number of aliphatic hydroxyl groups is 5. The van der Waals surface area contributed by atoms with E-state index in [0.717, 1.165) is 0 Å². The summed E-state index contributed by atoms with van der Waals surface area (Å²) in [5.41, 5.74) is 5.56. The van der Waals surface area contributed by atoms with Gasteiger partial charge in [-0.25, -0.2) is 0 Å². The molecular weight excluding hydrogens is 214 g/mol. The SMILES string of the molecule is N[C@@H]1[C@@H](O)[C@@H](O)[C@@H](CO)CCC[C@@H](O)[C@H]1O. The molecule has 0 aliphatic heterocycles. The topological polar surface area (TPSA) is 127 Å². The lowest BCUT2D eigenvalue weighted by Gasteiger charge is -2.30. The molecule has 6 nitrogen and oxygen atoms in total. The molecule has 0 unspecified atom stereocenters. The summed E-state index contributed by atoms with van der Waals surface area (Å²) >= 11 is 0. The first-order valence-electron chi connectivity index (χ1n) is 5.57. The number of nitrogens with two attached hydrogens (primary N) is 1. The van der Waals surface area contributed by atoms with Crippen molar-refractivity contribution in [2.24, 2.45) is 11.7 Å². The minimum atomic E-state index is -1.35. The molecule has 0 spiro atoms. The number of aliphatic hydroxyl groups excluding tert-OH is 5. The first kappa shape index (κ1) is 13.8. The Morgan fingerprint density at radius 1 is 0.938 bits per heavy atom. The molecule has 0 aromatic heterocycles. The molecule has 96 valence electrons. The molecule has 0 saturated heterocycles. The molecule has 6 heteroatoms. The van der Waals surface area contributed by atoms with Crippen molar-refractivity contribution in [1.29, 1.82) is 0 Å². The standard InChI is InChI=1S/C10H21NO5/c11-7-9(15)6(13)3-1-2-5(4-12)8(14)10(7)16/h5-10,12-16H,1-4,11H2/t5-,6-,7+,8+,9-,10-/m1/s1. The van der Waals surface area contributed by atoms with E-state index in [4.69, 9.17) is 10.8 Å². The van der Waals surface area contributed by atoms with Crippen LogP contribution in [0.15, 0.2) is 0 Å². The summed E-state index contributed by atoms with van der Waals surface area (Å²) in [7, 11) is 0. The van der Waals surface area contributed by atoms with Gasteiger partial charge in [-0.3, -0.25) is 0 Å². The fourth-order valence-electron chi connectivity index (χ4n) is 2.10. The van der Waals surface area contributed by atoms with Crippen molar-refractivity contribution < 1.29 is 25.5 Å². The summed E-state index contributed by atoms with van der Waals surface area (Å²) in [6.45, 7) is -0.253. The lowest BCUT2D eigenvalue weighted by atomic mass is 9.90. The zero-order valence-corrected chi connectivity index (χ0v) is 9.11. The summed E-state index contributed by atoms with van der Waals surface area (Å²) in [4.78, 5) is 0. The van der Waals surface area contributed by atoms with Crippen LogP contribution >= 0.6 is 0 Å². The Balaban J connectivity index is 2.80. The van der Waals surface area contributed by atoms with Crippen LogP contribution in [0, 0.1) is 5.92 Å². The van der Waals surface area contributed by atoms with Gasteiger partial charge >= 0.3 is 0 Å². The molecule has 0 bridgehead atoms. The third-order valence-electron chi connectivity index (χ3n) is 3.33. The van der Waals surface area contributed by atoms with Crippen LogP contribution < -0.4 is 5.73 Å². The molecule has 0 aromatic rings. The molecule has 0 aromatic carbocycles. The van der Waals surface area contributed by atoms with Crippen molar-refractivity contribution in [3.8, 4) is 0 Å². The predicted molar refractivity (Wildman–Crippen MR) is 56.4 cm³/mol. The minimum Gasteiger partial charge on any atom is -0.396 e. The largest absolute Gasteiger partial charge is 0.396 e. The molecule has 16 heavy (non-hydrogen) atoms. The van der Waals surface area contributed by atoms with E-state index in [-0.39, 0.29) is 6.61 Å². The highest BCUT2D eigenvalue weighted by atomic mass is 16.3. The summed E-state index contributed by atoms with van der Waals surface area (Å²) in [6.07, 6.45) is -3.42. The molecule has 6 atom stereocenters. The fourth-order valence-corrected chi connectivity index (χ4v) is 2.10. The van der Waals surface area contributed by atoms with E-state index in [2.05, 4.69) is 0 Å². The van der Waals surface area contributed by atoms with Gasteiger partial charge in [-0.05, 0) is 12.8 Å².